The van der Waals surface area contributed by atoms with Crippen molar-refractivity contribution < 1.29 is 33.1 Å². The second-order valence-corrected chi connectivity index (χ2v) is 8.95. The first-order valence-electron chi connectivity index (χ1n) is 11.8. The number of cyclic esters (lactones) is 1. The van der Waals surface area contributed by atoms with Gasteiger partial charge in [-0.2, -0.15) is 0 Å². The van der Waals surface area contributed by atoms with Gasteiger partial charge in [0.2, 0.25) is 5.91 Å². The molecule has 5 rings (SSSR count). The number of hydrogen-bond acceptors (Lipinski definition) is 8. The molecule has 38 heavy (non-hydrogen) atoms. The molecule has 0 spiro atoms. The number of carbonyl (C=O) groups is 2. The van der Waals surface area contributed by atoms with Crippen molar-refractivity contribution in [3.8, 4) is 17.1 Å². The normalized spacial score (nSPS) is 18.5. The zero-order chi connectivity index (χ0) is 26.8. The lowest BCUT2D eigenvalue weighted by molar-refractivity contribution is -0.389. The van der Waals surface area contributed by atoms with Crippen molar-refractivity contribution in [2.75, 3.05) is 24.6 Å². The van der Waals surface area contributed by atoms with Gasteiger partial charge in [-0.3, -0.25) is 14.3 Å². The highest BCUT2D eigenvalue weighted by Crippen LogP contribution is 2.30. The molecule has 1 fully saturated rings. The van der Waals surface area contributed by atoms with Crippen molar-refractivity contribution in [3.63, 3.8) is 0 Å². The Morgan fingerprint density at radius 1 is 1.29 bits per heavy atom. The van der Waals surface area contributed by atoms with Crippen LogP contribution in [0.5, 0.6) is 6.01 Å². The molecule has 1 aromatic heterocycles. The van der Waals surface area contributed by atoms with Crippen LogP contribution < -0.4 is 15.0 Å². The second-order valence-electron chi connectivity index (χ2n) is 8.95. The van der Waals surface area contributed by atoms with Crippen molar-refractivity contribution in [2.24, 2.45) is 0 Å². The number of anilines is 1. The first-order chi connectivity index (χ1) is 18.3. The number of aromatic nitrogens is 2. The van der Waals surface area contributed by atoms with Gasteiger partial charge in [0.15, 0.2) is 0 Å². The molecule has 0 radical (unpaired) electrons. The summed E-state index contributed by atoms with van der Waals surface area (Å²) in [4.78, 5) is 38.9. The molecule has 2 aliphatic rings. The second kappa shape index (κ2) is 10.5. The molecule has 2 amide bonds. The summed E-state index contributed by atoms with van der Waals surface area (Å²) in [5, 5.41) is 13.5. The molecule has 3 aromatic rings. The van der Waals surface area contributed by atoms with Gasteiger partial charge < -0.3 is 29.6 Å². The van der Waals surface area contributed by atoms with E-state index in [-0.39, 0.29) is 50.1 Å². The largest absolute Gasteiger partial charge is 0.443 e. The van der Waals surface area contributed by atoms with E-state index >= 15 is 4.39 Å². The molecule has 13 heteroatoms. The van der Waals surface area contributed by atoms with Gasteiger partial charge in [-0.05, 0) is 40.3 Å². The average molecular weight is 525 g/mol. The molecule has 0 bridgehead atoms. The number of benzene rings is 2. The van der Waals surface area contributed by atoms with E-state index < -0.39 is 22.9 Å². The van der Waals surface area contributed by atoms with Gasteiger partial charge in [0.25, 0.3) is 0 Å². The van der Waals surface area contributed by atoms with E-state index in [4.69, 9.17) is 14.2 Å². The lowest BCUT2D eigenvalue weighted by atomic mass is 10.0. The Labute approximate surface area is 216 Å². The smallest absolute Gasteiger partial charge is 0.414 e. The molecule has 0 saturated carbocycles. The number of halogens is 1. The van der Waals surface area contributed by atoms with E-state index in [1.54, 1.807) is 24.3 Å². The molecule has 2 aromatic carbocycles. The summed E-state index contributed by atoms with van der Waals surface area (Å²) in [5.41, 5.74) is 2.15. The molecule has 12 nitrogen and oxygen atoms in total. The number of nitro groups is 1. The lowest BCUT2D eigenvalue weighted by Crippen LogP contribution is -2.33. The number of nitrogens with one attached hydrogen (secondary N) is 1. The Bertz CT molecular complexity index is 1390. The van der Waals surface area contributed by atoms with Gasteiger partial charge in [0.05, 0.1) is 31.9 Å². The Balaban J connectivity index is 1.22. The molecule has 198 valence electrons. The lowest BCUT2D eigenvalue weighted by Gasteiger charge is -2.22. The first kappa shape index (κ1) is 25.1. The third-order valence-corrected chi connectivity index (χ3v) is 6.15. The van der Waals surface area contributed by atoms with Gasteiger partial charge in [-0.15, -0.1) is 0 Å². The number of carbonyl (C=O) groups excluding carboxylic acids is 2. The molecule has 3 heterocycles. The SMILES string of the molecule is CC(=O)NC[C@H]1CN(c2ccc(-c3cccc(CO[C@@H]4COc5nc([N+](=O)[O-])cn5C4)c3)c(F)c2)C(=O)O1. The summed E-state index contributed by atoms with van der Waals surface area (Å²) >= 11 is 0. The minimum Gasteiger partial charge on any atom is -0.443 e. The van der Waals surface area contributed by atoms with Gasteiger partial charge in [0.1, 0.15) is 30.8 Å². The molecule has 2 atom stereocenters. The average Bonchev–Trinajstić information content (AvgIpc) is 3.49. The standard InChI is InChI=1S/C25H24FN5O7/c1-15(32)27-9-19-11-30(25(33)38-19)18-5-6-21(22(26)8-18)17-4-2-3-16(7-17)13-36-20-10-29-12-23(31(34)35)28-24(29)37-14-20/h2-8,12,19-20H,9-11,13-14H2,1H3,(H,27,32)/t19-,20-/m0/s1. The molecule has 0 aliphatic carbocycles. The van der Waals surface area contributed by atoms with Crippen LogP contribution in [0.25, 0.3) is 11.1 Å². The predicted octanol–water partition coefficient (Wildman–Crippen LogP) is 3.04. The van der Waals surface area contributed by atoms with Gasteiger partial charge >= 0.3 is 17.9 Å². The van der Waals surface area contributed by atoms with Crippen molar-refractivity contribution in [2.45, 2.75) is 32.3 Å². The summed E-state index contributed by atoms with van der Waals surface area (Å²) < 4.78 is 33.3. The number of hydrogen-bond donors (Lipinski definition) is 1. The Morgan fingerprint density at radius 3 is 2.89 bits per heavy atom. The number of imidazole rings is 1. The van der Waals surface area contributed by atoms with Crippen LogP contribution in [-0.2, 0) is 27.4 Å². The van der Waals surface area contributed by atoms with Gasteiger partial charge in [0, 0.05) is 17.5 Å². The highest BCUT2D eigenvalue weighted by atomic mass is 19.1. The Hall–Kier alpha value is -4.52. The number of nitrogens with zero attached hydrogens (tertiary/aromatic N) is 4. The van der Waals surface area contributed by atoms with Crippen LogP contribution in [0.3, 0.4) is 0 Å². The zero-order valence-corrected chi connectivity index (χ0v) is 20.3. The van der Waals surface area contributed by atoms with Crippen molar-refractivity contribution in [1.82, 2.24) is 14.9 Å². The summed E-state index contributed by atoms with van der Waals surface area (Å²) in [5.74, 6) is -1.02. The molecule has 1 N–H and O–H groups in total. The number of amides is 2. The summed E-state index contributed by atoms with van der Waals surface area (Å²) in [7, 11) is 0. The van der Waals surface area contributed by atoms with Crippen LogP contribution in [-0.4, -0.2) is 58.4 Å². The van der Waals surface area contributed by atoms with Crippen LogP contribution in [0.2, 0.25) is 0 Å². The quantitative estimate of drug-likeness (QED) is 0.350. The molecule has 0 unspecified atom stereocenters. The van der Waals surface area contributed by atoms with Crippen LogP contribution in [0.1, 0.15) is 12.5 Å². The van der Waals surface area contributed by atoms with Crippen molar-refractivity contribution in [1.29, 1.82) is 0 Å². The molecule has 1 saturated heterocycles. The van der Waals surface area contributed by atoms with Crippen molar-refractivity contribution in [3.05, 3.63) is 70.2 Å². The topological polar surface area (TPSA) is 138 Å². The Morgan fingerprint density at radius 2 is 2.13 bits per heavy atom. The van der Waals surface area contributed by atoms with E-state index in [1.807, 2.05) is 12.1 Å². The highest BCUT2D eigenvalue weighted by Gasteiger charge is 2.33. The van der Waals surface area contributed by atoms with Gasteiger partial charge in [-0.1, -0.05) is 18.2 Å². The van der Waals surface area contributed by atoms with Crippen LogP contribution in [0.4, 0.5) is 20.7 Å². The van der Waals surface area contributed by atoms with E-state index in [0.717, 1.165) is 5.56 Å². The highest BCUT2D eigenvalue weighted by molar-refractivity contribution is 5.90. The van der Waals surface area contributed by atoms with Crippen LogP contribution >= 0.6 is 0 Å². The van der Waals surface area contributed by atoms with Crippen LogP contribution in [0.15, 0.2) is 48.7 Å². The summed E-state index contributed by atoms with van der Waals surface area (Å²) in [6, 6.07) is 11.9. The number of fused-ring (bicyclic) bond motifs is 1. The summed E-state index contributed by atoms with van der Waals surface area (Å²) in [6.45, 7) is 2.54. The minimum absolute atomic E-state index is 0.183. The fourth-order valence-corrected chi connectivity index (χ4v) is 4.31. The molecule has 2 aliphatic heterocycles. The fraction of sp³-hybridized carbons (Fsp3) is 0.320. The van der Waals surface area contributed by atoms with E-state index in [9.17, 15) is 19.7 Å². The maximum absolute atomic E-state index is 15.1. The number of rotatable bonds is 8. The number of ether oxygens (including phenoxy) is 3. The van der Waals surface area contributed by atoms with Crippen LogP contribution in [0, 0.1) is 15.9 Å². The molecular formula is C25H24FN5O7. The van der Waals surface area contributed by atoms with Crippen molar-refractivity contribution >= 4 is 23.5 Å². The maximum Gasteiger partial charge on any atom is 0.414 e. The fourth-order valence-electron chi connectivity index (χ4n) is 4.31. The molecular weight excluding hydrogens is 501 g/mol. The zero-order valence-electron chi connectivity index (χ0n) is 20.3. The van der Waals surface area contributed by atoms with E-state index in [2.05, 4.69) is 10.3 Å². The Kier molecular flexibility index (Phi) is 6.92. The maximum atomic E-state index is 15.1. The predicted molar refractivity (Wildman–Crippen MR) is 131 cm³/mol. The monoisotopic (exact) mass is 525 g/mol. The van der Waals surface area contributed by atoms with E-state index in [0.29, 0.717) is 23.4 Å². The third-order valence-electron chi connectivity index (χ3n) is 6.15. The third kappa shape index (κ3) is 5.42. The summed E-state index contributed by atoms with van der Waals surface area (Å²) in [6.07, 6.45) is -0.152. The van der Waals surface area contributed by atoms with E-state index in [1.165, 1.54) is 28.7 Å². The van der Waals surface area contributed by atoms with Gasteiger partial charge in [-0.25, -0.2) is 9.18 Å². The minimum atomic E-state index is -0.601. The first-order valence-corrected chi connectivity index (χ1v) is 11.8.